The number of ether oxygens (including phenoxy) is 2. The van der Waals surface area contributed by atoms with Gasteiger partial charge in [0.1, 0.15) is 0 Å². The Morgan fingerprint density at radius 1 is 1.08 bits per heavy atom. The molecule has 2 amide bonds. The molecule has 1 aromatic rings. The molecule has 3 unspecified atom stereocenters. The van der Waals surface area contributed by atoms with E-state index in [1.54, 1.807) is 26.2 Å². The second kappa shape index (κ2) is 30.4. The normalized spacial score (nSPS) is 17.0. The fourth-order valence-electron chi connectivity index (χ4n) is 7.57. The molecule has 0 spiro atoms. The Bertz CT molecular complexity index is 1630. The number of nitrogens with zero attached hydrogens (tertiary/aromatic N) is 4. The highest BCUT2D eigenvalue weighted by atomic mass is 32.2. The van der Waals surface area contributed by atoms with E-state index in [2.05, 4.69) is 54.2 Å². The van der Waals surface area contributed by atoms with Crippen LogP contribution in [-0.4, -0.2) is 114 Å². The number of terminal acetylenes is 1. The molecule has 2 fully saturated rings. The highest BCUT2D eigenvalue weighted by Crippen LogP contribution is 2.31. The van der Waals surface area contributed by atoms with Crippen molar-refractivity contribution in [2.24, 2.45) is 11.8 Å². The molecule has 12 heteroatoms. The van der Waals surface area contributed by atoms with Crippen LogP contribution in [-0.2, 0) is 30.9 Å². The summed E-state index contributed by atoms with van der Waals surface area (Å²) in [5, 5.41) is 0. The number of likely N-dealkylation sites (tertiary alicyclic amines) is 1. The van der Waals surface area contributed by atoms with Crippen molar-refractivity contribution >= 4 is 27.7 Å². The van der Waals surface area contributed by atoms with Gasteiger partial charge in [-0.3, -0.25) is 9.59 Å². The lowest BCUT2D eigenvalue weighted by atomic mass is 9.88. The number of nitrogens with one attached hydrogen (secondary N) is 1. The predicted molar refractivity (Wildman–Crippen MR) is 250 cm³/mol. The molecular weight excluding hydrogens is 775 g/mol. The monoisotopic (exact) mass is 856 g/mol. The number of allylic oxidation sites excluding steroid dienone is 3. The van der Waals surface area contributed by atoms with Crippen LogP contribution in [0.4, 0.5) is 5.69 Å². The van der Waals surface area contributed by atoms with Crippen LogP contribution in [0.2, 0.25) is 0 Å². The van der Waals surface area contributed by atoms with Crippen LogP contribution < -0.4 is 9.62 Å². The number of hydrogen-bond acceptors (Lipinski definition) is 8. The Hall–Kier alpha value is -3.63. The van der Waals surface area contributed by atoms with Gasteiger partial charge in [0, 0.05) is 63.6 Å². The number of benzene rings is 1. The van der Waals surface area contributed by atoms with Crippen LogP contribution in [0.15, 0.2) is 54.3 Å². The summed E-state index contributed by atoms with van der Waals surface area (Å²) >= 11 is 0. The molecular formula is C48H81N5O6S. The minimum absolute atomic E-state index is 0.0269. The van der Waals surface area contributed by atoms with Gasteiger partial charge in [0.25, 0.3) is 11.8 Å². The van der Waals surface area contributed by atoms with Crippen molar-refractivity contribution in [3.8, 4) is 12.3 Å². The highest BCUT2D eigenvalue weighted by molar-refractivity contribution is 7.87. The average molecular weight is 856 g/mol. The standard InChI is InChI=1S/C43H71N5O6S.C3H4.C2H6/c1-9-12-14-15-19-36(18-11-3)29-37-20-21-38(42(49)44-55(51,52)45(6)7)30-41(37)47(24-13-10-2)31-39(28-34(4)27-35(5)53-8)43(50)48-25-26-54-40(33-48)32-46-22-16-17-23-46;1-3-2;1-2/h10,20-21,27-28,30,34,36,40H,2,9,11-19,22-26,29,31-33H2,1,3-8H3,(H,44,49);1H,2H3;1-2H3/b35-27+,39-28+;;. The predicted octanol–water partition coefficient (Wildman–Crippen LogP) is 8.64. The number of anilines is 1. The van der Waals surface area contributed by atoms with E-state index in [0.717, 1.165) is 66.6 Å². The van der Waals surface area contributed by atoms with E-state index in [-0.39, 0.29) is 23.5 Å². The van der Waals surface area contributed by atoms with E-state index < -0.39 is 16.1 Å². The summed E-state index contributed by atoms with van der Waals surface area (Å²) in [4.78, 5) is 34.7. The number of methoxy groups -OCH3 is 1. The maximum Gasteiger partial charge on any atom is 0.303 e. The summed E-state index contributed by atoms with van der Waals surface area (Å²) in [5.41, 5.74) is 2.80. The Morgan fingerprint density at radius 2 is 1.77 bits per heavy atom. The summed E-state index contributed by atoms with van der Waals surface area (Å²) < 4.78 is 40.2. The van der Waals surface area contributed by atoms with Gasteiger partial charge in [-0.2, -0.15) is 12.7 Å². The first-order chi connectivity index (χ1) is 28.7. The largest absolute Gasteiger partial charge is 0.502 e. The SMILES string of the molecule is C#CC.C=CCCN(C/C(=C\C(C)/C=C(\C)OC)C(=O)N1CCOC(CN2CCCC2)C1)c1cc(C(=O)NS(=O)(=O)N(C)C)ccc1CC(CCC)CCCCCC.CC. The molecule has 2 heterocycles. The van der Waals surface area contributed by atoms with Gasteiger partial charge in [-0.25, -0.2) is 4.72 Å². The highest BCUT2D eigenvalue weighted by Gasteiger charge is 2.30. The average Bonchev–Trinajstić information content (AvgIpc) is 3.74. The Labute approximate surface area is 366 Å². The van der Waals surface area contributed by atoms with Gasteiger partial charge in [0.05, 0.1) is 25.6 Å². The molecule has 0 radical (unpaired) electrons. The third-order valence-corrected chi connectivity index (χ3v) is 12.1. The van der Waals surface area contributed by atoms with E-state index >= 15 is 0 Å². The smallest absolute Gasteiger partial charge is 0.303 e. The van der Waals surface area contributed by atoms with Crippen LogP contribution >= 0.6 is 0 Å². The molecule has 0 aromatic heterocycles. The van der Waals surface area contributed by atoms with Gasteiger partial charge in [-0.15, -0.1) is 18.9 Å². The van der Waals surface area contributed by atoms with Gasteiger partial charge in [-0.1, -0.05) is 97.8 Å². The van der Waals surface area contributed by atoms with Gasteiger partial charge in [0.2, 0.25) is 0 Å². The van der Waals surface area contributed by atoms with Crippen LogP contribution in [0.5, 0.6) is 0 Å². The van der Waals surface area contributed by atoms with E-state index in [9.17, 15) is 18.0 Å². The summed E-state index contributed by atoms with van der Waals surface area (Å²) in [7, 11) is 0.401. The Morgan fingerprint density at radius 3 is 2.37 bits per heavy atom. The molecule has 2 aliphatic heterocycles. The molecule has 11 nitrogen and oxygen atoms in total. The number of rotatable bonds is 24. The zero-order chi connectivity index (χ0) is 45.1. The molecule has 0 bridgehead atoms. The van der Waals surface area contributed by atoms with E-state index in [0.29, 0.717) is 50.7 Å². The van der Waals surface area contributed by atoms with E-state index in [1.165, 1.54) is 52.6 Å². The van der Waals surface area contributed by atoms with Gasteiger partial charge in [0.15, 0.2) is 0 Å². The molecule has 60 heavy (non-hydrogen) atoms. The molecule has 2 saturated heterocycles. The summed E-state index contributed by atoms with van der Waals surface area (Å²) in [6.07, 6.45) is 22.4. The third kappa shape index (κ3) is 19.8. The molecule has 0 saturated carbocycles. The summed E-state index contributed by atoms with van der Waals surface area (Å²) in [6, 6.07) is 5.51. The minimum Gasteiger partial charge on any atom is -0.502 e. The number of carbonyl (C=O) groups excluding carboxylic acids is 2. The maximum atomic E-state index is 14.7. The third-order valence-electron chi connectivity index (χ3n) is 10.7. The van der Waals surface area contributed by atoms with Crippen LogP contribution in [0.3, 0.4) is 0 Å². The summed E-state index contributed by atoms with van der Waals surface area (Å²) in [5.74, 6) is 2.65. The van der Waals surface area contributed by atoms with Gasteiger partial charge in [-0.05, 0) is 88.2 Å². The lowest BCUT2D eigenvalue weighted by Gasteiger charge is -2.36. The van der Waals surface area contributed by atoms with Crippen molar-refractivity contribution in [1.82, 2.24) is 18.8 Å². The first-order valence-electron chi connectivity index (χ1n) is 22.4. The Kier molecular flexibility index (Phi) is 27.6. The number of hydrogen-bond donors (Lipinski definition) is 1. The zero-order valence-corrected chi connectivity index (χ0v) is 39.9. The molecule has 2 aliphatic rings. The zero-order valence-electron chi connectivity index (χ0n) is 39.1. The van der Waals surface area contributed by atoms with E-state index in [1.807, 2.05) is 50.0 Å². The molecule has 1 aromatic carbocycles. The number of unbranched alkanes of at least 4 members (excludes halogenated alkanes) is 3. The van der Waals surface area contributed by atoms with Crippen molar-refractivity contribution in [2.45, 2.75) is 125 Å². The van der Waals surface area contributed by atoms with Crippen LogP contribution in [0.1, 0.15) is 129 Å². The first kappa shape index (κ1) is 54.4. The fourth-order valence-corrected chi connectivity index (χ4v) is 8.10. The van der Waals surface area contributed by atoms with Crippen molar-refractivity contribution in [3.05, 3.63) is 65.5 Å². The lowest BCUT2D eigenvalue weighted by molar-refractivity contribution is -0.135. The quantitative estimate of drug-likeness (QED) is 0.0362. The molecule has 3 atom stereocenters. The van der Waals surface area contributed by atoms with Gasteiger partial charge >= 0.3 is 10.2 Å². The van der Waals surface area contributed by atoms with Crippen LogP contribution in [0, 0.1) is 24.2 Å². The molecule has 0 aliphatic carbocycles. The number of carbonyl (C=O) groups is 2. The number of morpholine rings is 1. The van der Waals surface area contributed by atoms with Crippen molar-refractivity contribution in [1.29, 1.82) is 0 Å². The van der Waals surface area contributed by atoms with Crippen molar-refractivity contribution in [3.63, 3.8) is 0 Å². The molecule has 1 N–H and O–H groups in total. The lowest BCUT2D eigenvalue weighted by Crippen LogP contribution is -2.50. The first-order valence-corrected chi connectivity index (χ1v) is 23.8. The molecule has 340 valence electrons. The minimum atomic E-state index is -4.01. The summed E-state index contributed by atoms with van der Waals surface area (Å²) in [6.45, 7) is 23.4. The second-order valence-corrected chi connectivity index (χ2v) is 17.7. The Balaban J connectivity index is 0.00000344. The maximum absolute atomic E-state index is 14.7. The van der Waals surface area contributed by atoms with E-state index in [4.69, 9.17) is 9.47 Å². The topological polar surface area (TPSA) is 112 Å². The van der Waals surface area contributed by atoms with Crippen molar-refractivity contribution in [2.75, 3.05) is 78.5 Å². The van der Waals surface area contributed by atoms with Gasteiger partial charge < -0.3 is 24.2 Å². The van der Waals surface area contributed by atoms with Crippen molar-refractivity contribution < 1.29 is 27.5 Å². The second-order valence-electron chi connectivity index (χ2n) is 15.8. The number of amides is 2. The fraction of sp³-hybridized carbons (Fsp3) is 0.667. The van der Waals surface area contributed by atoms with Crippen LogP contribution in [0.25, 0.3) is 0 Å². The molecule has 3 rings (SSSR count).